The predicted molar refractivity (Wildman–Crippen MR) is 98.4 cm³/mol. The molecule has 1 aromatic carbocycles. The molecule has 0 N–H and O–H groups in total. The summed E-state index contributed by atoms with van der Waals surface area (Å²) in [5, 5.41) is 4.41. The van der Waals surface area contributed by atoms with Crippen LogP contribution in [0.2, 0.25) is 0 Å². The highest BCUT2D eigenvalue weighted by molar-refractivity contribution is 5.68. The highest BCUT2D eigenvalue weighted by atomic mass is 19.1. The number of aryl methyl sites for hydroxylation is 1. The van der Waals surface area contributed by atoms with Crippen LogP contribution in [-0.2, 0) is 4.74 Å². The van der Waals surface area contributed by atoms with E-state index in [0.717, 1.165) is 17.7 Å². The Bertz CT molecular complexity index is 834. The zero-order valence-corrected chi connectivity index (χ0v) is 16.1. The number of carbonyl (C=O) groups is 1. The summed E-state index contributed by atoms with van der Waals surface area (Å²) < 4.78 is 35.2. The number of hydrogen-bond acceptors (Lipinski definition) is 3. The molecule has 27 heavy (non-hydrogen) atoms. The fraction of sp³-hybridized carbons (Fsp3) is 0.500. The van der Waals surface area contributed by atoms with Crippen molar-refractivity contribution in [2.75, 3.05) is 13.1 Å². The molecule has 146 valence electrons. The molecule has 5 nitrogen and oxygen atoms in total. The second kappa shape index (κ2) is 7.29. The Hall–Kier alpha value is -2.44. The standard InChI is InChI=1S/C20H25F2N3O2/c1-13-12-23-25(18(13)16-11-14(21)5-6-17(16)22)15-7-9-24(10-8-15)19(26)27-20(2,3)4/h5-6,11-12,15H,7-10H2,1-4H3. The van der Waals surface area contributed by atoms with Crippen LogP contribution in [0.1, 0.15) is 45.2 Å². The summed E-state index contributed by atoms with van der Waals surface area (Å²) in [5.41, 5.74) is 1.05. The minimum Gasteiger partial charge on any atom is -0.444 e. The average molecular weight is 377 g/mol. The summed E-state index contributed by atoms with van der Waals surface area (Å²) >= 11 is 0. The molecule has 1 aliphatic heterocycles. The van der Waals surface area contributed by atoms with Crippen molar-refractivity contribution in [3.63, 3.8) is 0 Å². The number of benzene rings is 1. The molecule has 0 radical (unpaired) electrons. The lowest BCUT2D eigenvalue weighted by Gasteiger charge is -2.34. The first-order valence-electron chi connectivity index (χ1n) is 9.13. The minimum absolute atomic E-state index is 0.00931. The van der Waals surface area contributed by atoms with E-state index in [4.69, 9.17) is 4.74 Å². The summed E-state index contributed by atoms with van der Waals surface area (Å²) in [6.45, 7) is 8.41. The van der Waals surface area contributed by atoms with E-state index < -0.39 is 17.2 Å². The third-order valence-corrected chi connectivity index (χ3v) is 4.62. The van der Waals surface area contributed by atoms with Gasteiger partial charge < -0.3 is 9.64 Å². The van der Waals surface area contributed by atoms with Crippen LogP contribution in [0, 0.1) is 18.6 Å². The number of piperidine rings is 1. The second-order valence-corrected chi connectivity index (χ2v) is 7.94. The number of aromatic nitrogens is 2. The van der Waals surface area contributed by atoms with Crippen molar-refractivity contribution in [1.29, 1.82) is 0 Å². The molecule has 0 atom stereocenters. The van der Waals surface area contributed by atoms with E-state index in [0.29, 0.717) is 31.6 Å². The summed E-state index contributed by atoms with van der Waals surface area (Å²) in [4.78, 5) is 13.9. The van der Waals surface area contributed by atoms with Gasteiger partial charge in [-0.15, -0.1) is 0 Å². The number of nitrogens with zero attached hydrogens (tertiary/aromatic N) is 3. The molecule has 0 saturated carbocycles. The van der Waals surface area contributed by atoms with Crippen LogP contribution in [0.4, 0.5) is 13.6 Å². The van der Waals surface area contributed by atoms with Crippen molar-refractivity contribution in [2.24, 2.45) is 0 Å². The molecule has 1 saturated heterocycles. The number of rotatable bonds is 2. The Morgan fingerprint density at radius 3 is 2.52 bits per heavy atom. The van der Waals surface area contributed by atoms with Crippen LogP contribution in [0.15, 0.2) is 24.4 Å². The average Bonchev–Trinajstić information content (AvgIpc) is 2.97. The summed E-state index contributed by atoms with van der Waals surface area (Å²) in [6, 6.07) is 3.45. The van der Waals surface area contributed by atoms with Gasteiger partial charge in [-0.1, -0.05) is 0 Å². The van der Waals surface area contributed by atoms with Gasteiger partial charge in [0, 0.05) is 18.7 Å². The first-order valence-corrected chi connectivity index (χ1v) is 9.13. The second-order valence-electron chi connectivity index (χ2n) is 7.94. The SMILES string of the molecule is Cc1cnn(C2CCN(C(=O)OC(C)(C)C)CC2)c1-c1cc(F)ccc1F. The van der Waals surface area contributed by atoms with Gasteiger partial charge >= 0.3 is 6.09 Å². The van der Waals surface area contributed by atoms with Crippen LogP contribution in [0.25, 0.3) is 11.3 Å². The Kier molecular flexibility index (Phi) is 5.22. The summed E-state index contributed by atoms with van der Waals surface area (Å²) in [6.07, 6.45) is 2.68. The maximum absolute atomic E-state index is 14.3. The van der Waals surface area contributed by atoms with E-state index >= 15 is 0 Å². The lowest BCUT2D eigenvalue weighted by molar-refractivity contribution is 0.0185. The molecule has 3 rings (SSSR count). The Morgan fingerprint density at radius 1 is 1.22 bits per heavy atom. The molecule has 0 bridgehead atoms. The van der Waals surface area contributed by atoms with E-state index in [1.807, 2.05) is 27.7 Å². The summed E-state index contributed by atoms with van der Waals surface area (Å²) in [5.74, 6) is -0.967. The molecule has 1 aliphatic rings. The number of halogens is 2. The molecular weight excluding hydrogens is 352 g/mol. The first kappa shape index (κ1) is 19.3. The monoisotopic (exact) mass is 377 g/mol. The smallest absolute Gasteiger partial charge is 0.410 e. The highest BCUT2D eigenvalue weighted by Gasteiger charge is 2.29. The van der Waals surface area contributed by atoms with Gasteiger partial charge in [0.05, 0.1) is 17.9 Å². The number of hydrogen-bond donors (Lipinski definition) is 0. The van der Waals surface area contributed by atoms with Crippen molar-refractivity contribution in [3.8, 4) is 11.3 Å². The van der Waals surface area contributed by atoms with Gasteiger partial charge in [0.15, 0.2) is 0 Å². The number of amides is 1. The van der Waals surface area contributed by atoms with E-state index in [-0.39, 0.29) is 17.7 Å². The molecule has 1 amide bonds. The Labute approximate surface area is 157 Å². The largest absolute Gasteiger partial charge is 0.444 e. The van der Waals surface area contributed by atoms with Crippen LogP contribution in [0.3, 0.4) is 0 Å². The zero-order chi connectivity index (χ0) is 19.8. The van der Waals surface area contributed by atoms with Gasteiger partial charge in [-0.2, -0.15) is 5.10 Å². The van der Waals surface area contributed by atoms with Gasteiger partial charge in [0.25, 0.3) is 0 Å². The third kappa shape index (κ3) is 4.28. The van der Waals surface area contributed by atoms with E-state index in [1.165, 1.54) is 6.07 Å². The van der Waals surface area contributed by atoms with Crippen molar-refractivity contribution in [3.05, 3.63) is 41.6 Å². The molecule has 2 heterocycles. The molecule has 1 aromatic heterocycles. The van der Waals surface area contributed by atoms with Crippen molar-refractivity contribution < 1.29 is 18.3 Å². The molecule has 7 heteroatoms. The number of carbonyl (C=O) groups excluding carboxylic acids is 1. The lowest BCUT2D eigenvalue weighted by Crippen LogP contribution is -2.42. The molecule has 1 fully saturated rings. The minimum atomic E-state index is -0.533. The Morgan fingerprint density at radius 2 is 1.89 bits per heavy atom. The lowest BCUT2D eigenvalue weighted by atomic mass is 10.0. The third-order valence-electron chi connectivity index (χ3n) is 4.62. The van der Waals surface area contributed by atoms with Gasteiger partial charge in [-0.05, 0) is 64.3 Å². The molecule has 0 spiro atoms. The van der Waals surface area contributed by atoms with E-state index in [1.54, 1.807) is 15.8 Å². The van der Waals surface area contributed by atoms with Gasteiger partial charge in [0.1, 0.15) is 17.2 Å². The highest BCUT2D eigenvalue weighted by Crippen LogP contribution is 2.32. The molecular formula is C20H25F2N3O2. The maximum atomic E-state index is 14.3. The maximum Gasteiger partial charge on any atom is 0.410 e. The normalized spacial score (nSPS) is 15.9. The summed E-state index contributed by atoms with van der Waals surface area (Å²) in [7, 11) is 0. The number of ether oxygens (including phenoxy) is 1. The first-order chi connectivity index (χ1) is 12.7. The van der Waals surface area contributed by atoms with E-state index in [2.05, 4.69) is 5.10 Å². The van der Waals surface area contributed by atoms with Crippen molar-refractivity contribution in [2.45, 2.75) is 52.2 Å². The molecule has 0 unspecified atom stereocenters. The quantitative estimate of drug-likeness (QED) is 0.762. The molecule has 2 aromatic rings. The fourth-order valence-corrected chi connectivity index (χ4v) is 3.36. The van der Waals surface area contributed by atoms with Crippen LogP contribution in [0.5, 0.6) is 0 Å². The van der Waals surface area contributed by atoms with Gasteiger partial charge in [-0.25, -0.2) is 13.6 Å². The topological polar surface area (TPSA) is 47.4 Å². The van der Waals surface area contributed by atoms with E-state index in [9.17, 15) is 13.6 Å². The predicted octanol–water partition coefficient (Wildman–Crippen LogP) is 4.71. The van der Waals surface area contributed by atoms with Crippen molar-refractivity contribution in [1.82, 2.24) is 14.7 Å². The van der Waals surface area contributed by atoms with Gasteiger partial charge in [-0.3, -0.25) is 4.68 Å². The van der Waals surface area contributed by atoms with Gasteiger partial charge in [0.2, 0.25) is 0 Å². The molecule has 0 aliphatic carbocycles. The van der Waals surface area contributed by atoms with Crippen LogP contribution < -0.4 is 0 Å². The van der Waals surface area contributed by atoms with Crippen LogP contribution in [-0.4, -0.2) is 39.5 Å². The van der Waals surface area contributed by atoms with Crippen molar-refractivity contribution >= 4 is 6.09 Å². The van der Waals surface area contributed by atoms with Crippen LogP contribution >= 0.6 is 0 Å². The zero-order valence-electron chi connectivity index (χ0n) is 16.1. The fourth-order valence-electron chi connectivity index (χ4n) is 3.36. The Balaban J connectivity index is 1.78. The number of likely N-dealkylation sites (tertiary alicyclic amines) is 1.